The van der Waals surface area contributed by atoms with Crippen molar-refractivity contribution in [1.82, 2.24) is 15.0 Å². The Hall–Kier alpha value is -2.22. The number of nitrogens with one attached hydrogen (secondary N) is 1. The molecule has 2 aromatic heterocycles. The Morgan fingerprint density at radius 1 is 1.19 bits per heavy atom. The molecule has 2 aromatic rings. The SMILES string of the molecule is CC1(C)CC(Nc2cc(C(F)(F)F)nc(-c3cccnc3)n2)C(C)(C)O1. The Kier molecular flexibility index (Phi) is 4.42. The van der Waals surface area contributed by atoms with E-state index < -0.39 is 17.5 Å². The molecule has 1 fully saturated rings. The van der Waals surface area contributed by atoms with Crippen molar-refractivity contribution in [2.75, 3.05) is 5.32 Å². The van der Waals surface area contributed by atoms with Gasteiger partial charge >= 0.3 is 6.18 Å². The zero-order valence-corrected chi connectivity index (χ0v) is 15.1. The first-order valence-corrected chi connectivity index (χ1v) is 8.30. The van der Waals surface area contributed by atoms with Crippen LogP contribution in [-0.2, 0) is 10.9 Å². The number of hydrogen-bond acceptors (Lipinski definition) is 5. The van der Waals surface area contributed by atoms with Crippen molar-refractivity contribution in [2.45, 2.75) is 57.5 Å². The maximum absolute atomic E-state index is 13.3. The maximum atomic E-state index is 13.3. The standard InChI is InChI=1S/C18H21F3N4O/c1-16(2)9-13(17(3,4)26-16)23-14-8-12(18(19,20)21)24-15(25-14)11-6-5-7-22-10-11/h5-8,10,13H,9H2,1-4H3,(H,23,24,25). The van der Waals surface area contributed by atoms with E-state index in [4.69, 9.17) is 4.74 Å². The summed E-state index contributed by atoms with van der Waals surface area (Å²) in [5, 5.41) is 3.11. The molecule has 3 rings (SSSR count). The fraction of sp³-hybridized carbons (Fsp3) is 0.500. The summed E-state index contributed by atoms with van der Waals surface area (Å²) in [6, 6.07) is 4.00. The third kappa shape index (κ3) is 3.95. The first-order chi connectivity index (χ1) is 12.0. The van der Waals surface area contributed by atoms with Crippen LogP contribution in [0.2, 0.25) is 0 Å². The van der Waals surface area contributed by atoms with E-state index in [0.717, 1.165) is 6.07 Å². The summed E-state index contributed by atoms with van der Waals surface area (Å²) in [4.78, 5) is 11.9. The third-order valence-electron chi connectivity index (χ3n) is 4.33. The van der Waals surface area contributed by atoms with Crippen LogP contribution in [0, 0.1) is 0 Å². The molecule has 0 bridgehead atoms. The zero-order chi connectivity index (χ0) is 19.2. The van der Waals surface area contributed by atoms with Crippen molar-refractivity contribution in [3.05, 3.63) is 36.3 Å². The van der Waals surface area contributed by atoms with E-state index in [-0.39, 0.29) is 23.3 Å². The van der Waals surface area contributed by atoms with Gasteiger partial charge in [-0.1, -0.05) is 0 Å². The molecule has 0 aliphatic carbocycles. The molecular formula is C18H21F3N4O. The number of aromatic nitrogens is 3. The van der Waals surface area contributed by atoms with Gasteiger partial charge in [0.25, 0.3) is 0 Å². The second-order valence-corrected chi connectivity index (χ2v) is 7.57. The van der Waals surface area contributed by atoms with Crippen molar-refractivity contribution in [3.8, 4) is 11.4 Å². The molecule has 0 saturated carbocycles. The lowest BCUT2D eigenvalue weighted by Gasteiger charge is -2.28. The number of rotatable bonds is 3. The maximum Gasteiger partial charge on any atom is 0.433 e. The summed E-state index contributed by atoms with van der Waals surface area (Å²) in [6.07, 6.45) is -0.952. The van der Waals surface area contributed by atoms with Gasteiger partial charge in [-0.05, 0) is 46.2 Å². The lowest BCUT2D eigenvalue weighted by molar-refractivity contribution is -0.141. The smallest absolute Gasteiger partial charge is 0.367 e. The van der Waals surface area contributed by atoms with Crippen LogP contribution in [0.5, 0.6) is 0 Å². The highest BCUT2D eigenvalue weighted by Crippen LogP contribution is 2.39. The molecule has 0 spiro atoms. The van der Waals surface area contributed by atoms with E-state index >= 15 is 0 Å². The first kappa shape index (κ1) is 18.6. The van der Waals surface area contributed by atoms with Gasteiger partial charge in [0, 0.05) is 24.0 Å². The second kappa shape index (κ2) is 6.19. The van der Waals surface area contributed by atoms with E-state index in [1.54, 1.807) is 12.1 Å². The van der Waals surface area contributed by atoms with E-state index in [1.807, 2.05) is 27.7 Å². The first-order valence-electron chi connectivity index (χ1n) is 8.30. The summed E-state index contributed by atoms with van der Waals surface area (Å²) in [6.45, 7) is 7.73. The zero-order valence-electron chi connectivity index (χ0n) is 15.1. The average molecular weight is 366 g/mol. The van der Waals surface area contributed by atoms with Crippen molar-refractivity contribution in [1.29, 1.82) is 0 Å². The van der Waals surface area contributed by atoms with Gasteiger partial charge in [-0.3, -0.25) is 4.98 Å². The average Bonchev–Trinajstić information content (AvgIpc) is 2.74. The fourth-order valence-corrected chi connectivity index (χ4v) is 3.26. The van der Waals surface area contributed by atoms with Crippen molar-refractivity contribution in [3.63, 3.8) is 0 Å². The minimum atomic E-state index is -4.57. The molecule has 140 valence electrons. The van der Waals surface area contributed by atoms with Crippen molar-refractivity contribution in [2.24, 2.45) is 0 Å². The molecule has 1 atom stereocenters. The largest absolute Gasteiger partial charge is 0.433 e. The Morgan fingerprint density at radius 3 is 2.46 bits per heavy atom. The van der Waals surface area contributed by atoms with Gasteiger partial charge in [-0.25, -0.2) is 9.97 Å². The van der Waals surface area contributed by atoms with Crippen LogP contribution in [0.25, 0.3) is 11.4 Å². The quantitative estimate of drug-likeness (QED) is 0.877. The van der Waals surface area contributed by atoms with Crippen LogP contribution >= 0.6 is 0 Å². The number of anilines is 1. The molecule has 1 aliphatic rings. The topological polar surface area (TPSA) is 59.9 Å². The Labute approximate surface area is 150 Å². The molecule has 3 heterocycles. The fourth-order valence-electron chi connectivity index (χ4n) is 3.26. The minimum absolute atomic E-state index is 0.0218. The second-order valence-electron chi connectivity index (χ2n) is 7.57. The number of nitrogens with zero attached hydrogens (tertiary/aromatic N) is 3. The molecular weight excluding hydrogens is 345 g/mol. The summed E-state index contributed by atoms with van der Waals surface area (Å²) in [5.41, 5.74) is -1.48. The normalized spacial score (nSPS) is 21.6. The molecule has 1 unspecified atom stereocenters. The van der Waals surface area contributed by atoms with E-state index in [0.29, 0.717) is 12.0 Å². The molecule has 8 heteroatoms. The predicted molar refractivity (Wildman–Crippen MR) is 91.5 cm³/mol. The van der Waals surface area contributed by atoms with Crippen LogP contribution in [0.4, 0.5) is 19.0 Å². The highest BCUT2D eigenvalue weighted by atomic mass is 19.4. The number of pyridine rings is 1. The van der Waals surface area contributed by atoms with Crippen molar-refractivity contribution < 1.29 is 17.9 Å². The van der Waals surface area contributed by atoms with Gasteiger partial charge in [0.1, 0.15) is 5.82 Å². The van der Waals surface area contributed by atoms with Crippen LogP contribution in [0.3, 0.4) is 0 Å². The van der Waals surface area contributed by atoms with Gasteiger partial charge in [0.15, 0.2) is 11.5 Å². The number of alkyl halides is 3. The van der Waals surface area contributed by atoms with Crippen LogP contribution in [0.1, 0.15) is 39.8 Å². The number of halogens is 3. The van der Waals surface area contributed by atoms with E-state index in [9.17, 15) is 13.2 Å². The Balaban J connectivity index is 1.99. The highest BCUT2D eigenvalue weighted by Gasteiger charge is 2.46. The third-order valence-corrected chi connectivity index (χ3v) is 4.33. The van der Waals surface area contributed by atoms with E-state index in [2.05, 4.69) is 20.3 Å². The van der Waals surface area contributed by atoms with Gasteiger partial charge in [-0.15, -0.1) is 0 Å². The number of ether oxygens (including phenoxy) is 1. The number of hydrogen-bond donors (Lipinski definition) is 1. The summed E-state index contributed by atoms with van der Waals surface area (Å²) in [7, 11) is 0. The van der Waals surface area contributed by atoms with Crippen molar-refractivity contribution >= 4 is 5.82 Å². The van der Waals surface area contributed by atoms with Gasteiger partial charge in [0.2, 0.25) is 0 Å². The van der Waals surface area contributed by atoms with Gasteiger partial charge in [-0.2, -0.15) is 13.2 Å². The molecule has 0 radical (unpaired) electrons. The molecule has 26 heavy (non-hydrogen) atoms. The predicted octanol–water partition coefficient (Wildman–Crippen LogP) is 4.32. The molecule has 1 aliphatic heterocycles. The summed E-state index contributed by atoms with van der Waals surface area (Å²) in [5.74, 6) is 0.0944. The molecule has 1 saturated heterocycles. The molecule has 0 aromatic carbocycles. The monoisotopic (exact) mass is 366 g/mol. The minimum Gasteiger partial charge on any atom is -0.367 e. The Morgan fingerprint density at radius 2 is 1.92 bits per heavy atom. The summed E-state index contributed by atoms with van der Waals surface area (Å²) >= 11 is 0. The van der Waals surface area contributed by atoms with E-state index in [1.165, 1.54) is 12.4 Å². The lowest BCUT2D eigenvalue weighted by atomic mass is 9.94. The van der Waals surface area contributed by atoms with Gasteiger partial charge < -0.3 is 10.1 Å². The van der Waals surface area contributed by atoms with Crippen LogP contribution in [-0.4, -0.2) is 32.2 Å². The highest BCUT2D eigenvalue weighted by molar-refractivity contribution is 5.56. The Bertz CT molecular complexity index is 791. The molecule has 0 amide bonds. The summed E-state index contributed by atoms with van der Waals surface area (Å²) < 4.78 is 45.9. The van der Waals surface area contributed by atoms with Gasteiger partial charge in [0.05, 0.1) is 17.2 Å². The molecule has 1 N–H and O–H groups in total. The lowest BCUT2D eigenvalue weighted by Crippen LogP contribution is -2.38. The van der Waals surface area contributed by atoms with Crippen LogP contribution < -0.4 is 5.32 Å². The molecule has 5 nitrogen and oxygen atoms in total. The van der Waals surface area contributed by atoms with Crippen LogP contribution in [0.15, 0.2) is 30.6 Å².